The van der Waals surface area contributed by atoms with Crippen LogP contribution < -0.4 is 5.73 Å². The Morgan fingerprint density at radius 3 is 2.37 bits per heavy atom. The molecule has 0 heterocycles. The van der Waals surface area contributed by atoms with Crippen molar-refractivity contribution in [3.63, 3.8) is 0 Å². The van der Waals surface area contributed by atoms with Gasteiger partial charge in [-0.3, -0.25) is 0 Å². The molecule has 0 amide bonds. The van der Waals surface area contributed by atoms with Gasteiger partial charge in [-0.25, -0.2) is 0 Å². The molecule has 0 radical (unpaired) electrons. The molecule has 2 nitrogen and oxygen atoms in total. The van der Waals surface area contributed by atoms with Crippen molar-refractivity contribution in [1.82, 2.24) is 0 Å². The van der Waals surface area contributed by atoms with E-state index in [1.807, 2.05) is 24.3 Å². The van der Waals surface area contributed by atoms with E-state index in [1.54, 1.807) is 0 Å². The van der Waals surface area contributed by atoms with E-state index in [-0.39, 0.29) is 0 Å². The Bertz CT molecular complexity index is 560. The molecule has 0 bridgehead atoms. The van der Waals surface area contributed by atoms with Crippen LogP contribution >= 0.6 is 0 Å². The van der Waals surface area contributed by atoms with Crippen LogP contribution in [-0.4, -0.2) is 0 Å². The van der Waals surface area contributed by atoms with E-state index < -0.39 is 0 Å². The molecule has 0 aliphatic heterocycles. The number of nitrogens with two attached hydrogens (primary N) is 1. The van der Waals surface area contributed by atoms with Crippen LogP contribution in [0.5, 0.6) is 0 Å². The van der Waals surface area contributed by atoms with Gasteiger partial charge in [-0.05, 0) is 53.6 Å². The fourth-order valence-electron chi connectivity index (χ4n) is 2.62. The fraction of sp³-hybridized carbons (Fsp3) is 0.294. The molecule has 0 atom stereocenters. The lowest BCUT2D eigenvalue weighted by molar-refractivity contribution is 0.107. The smallest absolute Gasteiger partial charge is 0.0721 e. The Hall–Kier alpha value is -1.80. The second-order valence-electron chi connectivity index (χ2n) is 5.19. The van der Waals surface area contributed by atoms with Crippen molar-refractivity contribution in [2.45, 2.75) is 32.5 Å². The summed E-state index contributed by atoms with van der Waals surface area (Å²) in [5.41, 5.74) is 11.9. The van der Waals surface area contributed by atoms with E-state index >= 15 is 0 Å². The van der Waals surface area contributed by atoms with Crippen molar-refractivity contribution >= 4 is 5.69 Å². The van der Waals surface area contributed by atoms with Gasteiger partial charge in [-0.1, -0.05) is 30.3 Å². The molecule has 0 saturated carbocycles. The summed E-state index contributed by atoms with van der Waals surface area (Å²) in [7, 11) is 0. The van der Waals surface area contributed by atoms with Gasteiger partial charge in [0.1, 0.15) is 0 Å². The van der Waals surface area contributed by atoms with Crippen LogP contribution in [0.2, 0.25) is 0 Å². The van der Waals surface area contributed by atoms with Crippen molar-refractivity contribution in [1.29, 1.82) is 0 Å². The number of aryl methyl sites for hydroxylation is 2. The first-order valence-corrected chi connectivity index (χ1v) is 6.84. The predicted molar refractivity (Wildman–Crippen MR) is 77.8 cm³/mol. The van der Waals surface area contributed by atoms with E-state index in [0.717, 1.165) is 11.3 Å². The summed E-state index contributed by atoms with van der Waals surface area (Å²) >= 11 is 0. The molecule has 19 heavy (non-hydrogen) atoms. The van der Waals surface area contributed by atoms with Crippen LogP contribution in [0.4, 0.5) is 5.69 Å². The quantitative estimate of drug-likeness (QED) is 0.847. The summed E-state index contributed by atoms with van der Waals surface area (Å²) in [4.78, 5) is 0. The van der Waals surface area contributed by atoms with Crippen molar-refractivity contribution in [2.24, 2.45) is 0 Å². The molecule has 2 heteroatoms. The molecule has 0 saturated heterocycles. The highest BCUT2D eigenvalue weighted by atomic mass is 16.5. The molecule has 0 spiro atoms. The first kappa shape index (κ1) is 12.2. The molecule has 0 fully saturated rings. The van der Waals surface area contributed by atoms with Crippen LogP contribution in [-0.2, 0) is 30.8 Å². The van der Waals surface area contributed by atoms with Crippen molar-refractivity contribution in [3.05, 3.63) is 64.7 Å². The Morgan fingerprint density at radius 1 is 0.842 bits per heavy atom. The summed E-state index contributed by atoms with van der Waals surface area (Å²) in [5.74, 6) is 0. The van der Waals surface area contributed by atoms with Crippen molar-refractivity contribution in [3.8, 4) is 0 Å². The van der Waals surface area contributed by atoms with E-state index in [2.05, 4.69) is 18.2 Å². The minimum atomic E-state index is 0.636. The summed E-state index contributed by atoms with van der Waals surface area (Å²) < 4.78 is 5.76. The molecular weight excluding hydrogens is 234 g/mol. The molecule has 0 unspecified atom stereocenters. The van der Waals surface area contributed by atoms with Gasteiger partial charge < -0.3 is 10.5 Å². The Kier molecular flexibility index (Phi) is 3.51. The van der Waals surface area contributed by atoms with Gasteiger partial charge in [0, 0.05) is 5.69 Å². The third-order valence-corrected chi connectivity index (χ3v) is 3.68. The number of fused-ring (bicyclic) bond motifs is 1. The van der Waals surface area contributed by atoms with Crippen LogP contribution in [0.3, 0.4) is 0 Å². The highest BCUT2D eigenvalue weighted by molar-refractivity contribution is 5.39. The van der Waals surface area contributed by atoms with E-state index in [1.165, 1.54) is 36.0 Å². The zero-order chi connectivity index (χ0) is 13.1. The van der Waals surface area contributed by atoms with Crippen LogP contribution in [0.15, 0.2) is 42.5 Å². The third kappa shape index (κ3) is 2.96. The minimum absolute atomic E-state index is 0.636. The lowest BCUT2D eigenvalue weighted by atomic mass is 10.1. The van der Waals surface area contributed by atoms with Gasteiger partial charge in [-0.2, -0.15) is 0 Å². The number of ether oxygens (including phenoxy) is 1. The van der Waals surface area contributed by atoms with Gasteiger partial charge >= 0.3 is 0 Å². The minimum Gasteiger partial charge on any atom is -0.399 e. The molecule has 3 rings (SSSR count). The fourth-order valence-corrected chi connectivity index (χ4v) is 2.62. The van der Waals surface area contributed by atoms with E-state index in [9.17, 15) is 0 Å². The highest BCUT2D eigenvalue weighted by Gasteiger charge is 2.10. The predicted octanol–water partition coefficient (Wildman–Crippen LogP) is 3.47. The largest absolute Gasteiger partial charge is 0.399 e. The molecule has 1 aliphatic rings. The molecule has 1 aliphatic carbocycles. The number of anilines is 1. The van der Waals surface area contributed by atoms with Gasteiger partial charge in [0.2, 0.25) is 0 Å². The first-order valence-electron chi connectivity index (χ1n) is 6.84. The summed E-state index contributed by atoms with van der Waals surface area (Å²) in [5, 5.41) is 0. The number of hydrogen-bond donors (Lipinski definition) is 1. The van der Waals surface area contributed by atoms with E-state index in [0.29, 0.717) is 13.2 Å². The van der Waals surface area contributed by atoms with Crippen LogP contribution in [0, 0.1) is 0 Å². The maximum atomic E-state index is 5.76. The maximum absolute atomic E-state index is 5.76. The number of nitrogen functional groups attached to an aromatic ring is 1. The number of hydrogen-bond acceptors (Lipinski definition) is 2. The van der Waals surface area contributed by atoms with Crippen LogP contribution in [0.1, 0.15) is 28.7 Å². The summed E-state index contributed by atoms with van der Waals surface area (Å²) in [6.07, 6.45) is 3.76. The summed E-state index contributed by atoms with van der Waals surface area (Å²) in [6, 6.07) is 14.6. The standard InChI is InChI=1S/C17H19NO/c18-17-8-5-13(6-9-17)11-19-12-14-4-7-15-2-1-3-16(15)10-14/h4-10H,1-3,11-12,18H2. The maximum Gasteiger partial charge on any atom is 0.0721 e. The Balaban J connectivity index is 1.56. The number of benzene rings is 2. The second kappa shape index (κ2) is 5.45. The SMILES string of the molecule is Nc1ccc(COCc2ccc3c(c2)CCC3)cc1. The van der Waals surface area contributed by atoms with Gasteiger partial charge in [0.25, 0.3) is 0 Å². The normalized spacial score (nSPS) is 13.5. The topological polar surface area (TPSA) is 35.2 Å². The van der Waals surface area contributed by atoms with Gasteiger partial charge in [-0.15, -0.1) is 0 Å². The average Bonchev–Trinajstić information content (AvgIpc) is 2.88. The van der Waals surface area contributed by atoms with Gasteiger partial charge in [0.15, 0.2) is 0 Å². The summed E-state index contributed by atoms with van der Waals surface area (Å²) in [6.45, 7) is 1.31. The zero-order valence-electron chi connectivity index (χ0n) is 11.1. The van der Waals surface area contributed by atoms with Crippen molar-refractivity contribution < 1.29 is 4.74 Å². The highest BCUT2D eigenvalue weighted by Crippen LogP contribution is 2.23. The first-order chi connectivity index (χ1) is 9.31. The molecule has 2 aromatic carbocycles. The third-order valence-electron chi connectivity index (χ3n) is 3.68. The number of rotatable bonds is 4. The molecule has 0 aromatic heterocycles. The van der Waals surface area contributed by atoms with Gasteiger partial charge in [0.05, 0.1) is 13.2 Å². The molecule has 2 aromatic rings. The second-order valence-corrected chi connectivity index (χ2v) is 5.19. The van der Waals surface area contributed by atoms with Crippen molar-refractivity contribution in [2.75, 3.05) is 5.73 Å². The zero-order valence-corrected chi connectivity index (χ0v) is 11.1. The average molecular weight is 253 g/mol. The van der Waals surface area contributed by atoms with E-state index in [4.69, 9.17) is 10.5 Å². The molecule has 2 N–H and O–H groups in total. The lowest BCUT2D eigenvalue weighted by Gasteiger charge is -2.07. The lowest BCUT2D eigenvalue weighted by Crippen LogP contribution is -1.96. The molecule has 98 valence electrons. The van der Waals surface area contributed by atoms with Crippen LogP contribution in [0.25, 0.3) is 0 Å². The monoisotopic (exact) mass is 253 g/mol. The Morgan fingerprint density at radius 2 is 1.53 bits per heavy atom. The Labute approximate surface area is 114 Å². The molecular formula is C17H19NO.